The molecule has 7 heterocycles. The predicted octanol–water partition coefficient (Wildman–Crippen LogP) is 10.1. The number of alkyl halides is 1. The van der Waals surface area contributed by atoms with Crippen LogP contribution in [0.3, 0.4) is 0 Å². The number of carbonyl (C=O) groups excluding carboxylic acids is 2. The van der Waals surface area contributed by atoms with Gasteiger partial charge in [0, 0.05) is 72.1 Å². The van der Waals surface area contributed by atoms with Gasteiger partial charge in [-0.2, -0.15) is 14.9 Å². The zero-order valence-corrected chi connectivity index (χ0v) is 47.9. The Kier molecular flexibility index (Phi) is 20.3. The number of ether oxygens (including phenoxy) is 4. The fourth-order valence-electron chi connectivity index (χ4n) is 10.1. The molecule has 16 nitrogen and oxygen atoms in total. The SMILES string of the molecule is CCSC(N)=NC(=S)Nc1ccc(N2CCC(N3CCCC3)CC2)cc1.Nc1nc(Nc2ccc(N3CCC(N4CCCC4)CC3)cc2)sc1C(=O)c1ccc2c(c1)OCO2.O=C(CBr)c1ccc2c(c1)OCO2.P. The minimum Gasteiger partial charge on any atom is -0.454 e. The van der Waals surface area contributed by atoms with Gasteiger partial charge in [0.05, 0.1) is 5.33 Å². The fourth-order valence-corrected chi connectivity index (χ4v) is 12.0. The number of nitrogen functional groups attached to an aromatic ring is 1. The first-order valence-corrected chi connectivity index (χ1v) is 28.9. The fraction of sp³-hybridized carbons (Fsp3) is 0.426. The maximum absolute atomic E-state index is 13.0. The average Bonchev–Trinajstić information content (AvgIpc) is 4.31. The van der Waals surface area contributed by atoms with E-state index in [1.165, 1.54) is 112 Å². The van der Waals surface area contributed by atoms with Gasteiger partial charge in [-0.25, -0.2) is 4.98 Å². The van der Waals surface area contributed by atoms with Crippen molar-refractivity contribution in [3.8, 4) is 23.0 Å². The van der Waals surface area contributed by atoms with Gasteiger partial charge in [0.2, 0.25) is 19.4 Å². The van der Waals surface area contributed by atoms with E-state index >= 15 is 0 Å². The number of carbonyl (C=O) groups is 2. The highest BCUT2D eigenvalue weighted by molar-refractivity contribution is 9.09. The number of thioether (sulfide) groups is 1. The topological polar surface area (TPSA) is 185 Å². The molecular weight excluding hydrogens is 1090 g/mol. The van der Waals surface area contributed by atoms with E-state index in [-0.39, 0.29) is 40.9 Å². The minimum atomic E-state index is -0.181. The van der Waals surface area contributed by atoms with Crippen LogP contribution in [0.2, 0.25) is 0 Å². The van der Waals surface area contributed by atoms with Crippen LogP contribution in [0.1, 0.15) is 83.9 Å². The number of piperidine rings is 2. The second kappa shape index (κ2) is 27.2. The smallest absolute Gasteiger partial charge is 0.231 e. The van der Waals surface area contributed by atoms with Crippen molar-refractivity contribution in [1.29, 1.82) is 0 Å². The number of aromatic nitrogens is 1. The van der Waals surface area contributed by atoms with E-state index < -0.39 is 0 Å². The molecule has 400 valence electrons. The summed E-state index contributed by atoms with van der Waals surface area (Å²) in [5.74, 6) is 3.52. The van der Waals surface area contributed by atoms with Gasteiger partial charge >= 0.3 is 0 Å². The van der Waals surface area contributed by atoms with Crippen molar-refractivity contribution < 1.29 is 28.5 Å². The zero-order valence-electron chi connectivity index (χ0n) is 42.5. The number of halogens is 1. The van der Waals surface area contributed by atoms with Crippen molar-refractivity contribution in [2.24, 2.45) is 10.7 Å². The Hall–Kier alpha value is -5.21. The van der Waals surface area contributed by atoms with Crippen molar-refractivity contribution in [2.45, 2.75) is 70.4 Å². The number of nitrogens with one attached hydrogen (secondary N) is 2. The number of rotatable bonds is 12. The summed E-state index contributed by atoms with van der Waals surface area (Å²) >= 11 is 11.1. The molecule has 21 heteroatoms. The number of hydrogen-bond donors (Lipinski definition) is 4. The van der Waals surface area contributed by atoms with Gasteiger partial charge in [-0.3, -0.25) is 9.59 Å². The Balaban J connectivity index is 0.000000164. The molecule has 1 unspecified atom stereocenters. The summed E-state index contributed by atoms with van der Waals surface area (Å²) in [6, 6.07) is 28.7. The molecule has 0 aliphatic carbocycles. The van der Waals surface area contributed by atoms with Gasteiger partial charge in [0.15, 0.2) is 44.2 Å². The van der Waals surface area contributed by atoms with Crippen molar-refractivity contribution >= 4 is 117 Å². The molecular formula is C54H68BrN10O6PS3. The summed E-state index contributed by atoms with van der Waals surface area (Å²) in [6.45, 7) is 12.1. The van der Waals surface area contributed by atoms with Gasteiger partial charge in [-0.05, 0) is 180 Å². The predicted molar refractivity (Wildman–Crippen MR) is 319 cm³/mol. The zero-order chi connectivity index (χ0) is 51.4. The van der Waals surface area contributed by atoms with Crippen LogP contribution in [0.5, 0.6) is 23.0 Å². The summed E-state index contributed by atoms with van der Waals surface area (Å²) in [4.78, 5) is 43.6. The molecule has 1 atom stereocenters. The summed E-state index contributed by atoms with van der Waals surface area (Å²) in [7, 11) is 0. The first-order chi connectivity index (χ1) is 36.1. The molecule has 1 aromatic heterocycles. The molecule has 4 aromatic carbocycles. The Bertz CT molecular complexity index is 2750. The second-order valence-corrected chi connectivity index (χ2v) is 21.9. The van der Waals surface area contributed by atoms with Crippen LogP contribution in [0, 0.1) is 0 Å². The molecule has 0 spiro atoms. The Labute approximate surface area is 465 Å². The monoisotopic (exact) mass is 1160 g/mol. The summed E-state index contributed by atoms with van der Waals surface area (Å²) in [5.41, 5.74) is 17.4. The number of anilines is 6. The van der Waals surface area contributed by atoms with Crippen LogP contribution < -0.4 is 50.8 Å². The first kappa shape index (κ1) is 56.0. The lowest BCUT2D eigenvalue weighted by Gasteiger charge is -2.37. The normalized spacial score (nSPS) is 17.6. The maximum Gasteiger partial charge on any atom is 0.231 e. The van der Waals surface area contributed by atoms with Crippen LogP contribution in [0.15, 0.2) is 89.9 Å². The van der Waals surface area contributed by atoms with Crippen LogP contribution >= 0.6 is 61.1 Å². The van der Waals surface area contributed by atoms with Gasteiger partial charge in [0.25, 0.3) is 0 Å². The first-order valence-electron chi connectivity index (χ1n) is 25.5. The molecule has 0 amide bonds. The van der Waals surface area contributed by atoms with E-state index in [2.05, 4.69) is 105 Å². The van der Waals surface area contributed by atoms with Crippen molar-refractivity contribution in [3.63, 3.8) is 0 Å². The number of hydrogen-bond acceptors (Lipinski definition) is 16. The third-order valence-electron chi connectivity index (χ3n) is 14.0. The molecule has 0 bridgehead atoms. The van der Waals surface area contributed by atoms with Gasteiger partial charge in [-0.15, -0.1) is 0 Å². The number of nitrogens with zero attached hydrogens (tertiary/aromatic N) is 6. The lowest BCUT2D eigenvalue weighted by atomic mass is 10.0. The highest BCUT2D eigenvalue weighted by atomic mass is 79.9. The summed E-state index contributed by atoms with van der Waals surface area (Å²) in [5, 5.41) is 8.25. The second-order valence-electron chi connectivity index (χ2n) is 18.7. The Morgan fingerprint density at radius 2 is 1.20 bits per heavy atom. The number of Topliss-reactive ketones (excluding diaryl/α,β-unsaturated/α-hetero) is 1. The lowest BCUT2D eigenvalue weighted by molar-refractivity contribution is 0.102. The van der Waals surface area contributed by atoms with Crippen molar-refractivity contribution in [2.75, 3.05) is 103 Å². The number of amidine groups is 1. The number of likely N-dealkylation sites (tertiary alicyclic amines) is 2. The third kappa shape index (κ3) is 14.8. The number of benzene rings is 4. The van der Waals surface area contributed by atoms with Gasteiger partial charge in [-0.1, -0.05) is 46.0 Å². The van der Waals surface area contributed by atoms with Gasteiger partial charge < -0.3 is 60.6 Å². The largest absolute Gasteiger partial charge is 0.454 e. The summed E-state index contributed by atoms with van der Waals surface area (Å²) in [6.07, 6.45) is 10.5. The molecule has 4 fully saturated rings. The number of nitrogens with two attached hydrogens (primary N) is 2. The summed E-state index contributed by atoms with van der Waals surface area (Å²) < 4.78 is 21.0. The third-order valence-corrected chi connectivity index (χ3v) is 16.4. The van der Waals surface area contributed by atoms with E-state index in [1.807, 2.05) is 6.92 Å². The standard InChI is InChI=1S/C26H29N5O3S.C19H29N5S2.C9H7BrO3.H3P/c27-25-24(23(32)17-3-8-21-22(15-17)34-16-33-21)35-26(29-25)28-18-4-6-19(7-5-18)31-13-9-20(10-14-31)30-11-1-2-12-30;1-2-26-18(20)22-19(25)21-15-5-7-16(8-6-15)24-13-9-17(10-14-24)23-11-3-4-12-23;10-4-7(11)6-1-2-8-9(3-6)13-5-12-8;/h3-8,15,20H,1-2,9-14,16,27H2,(H,28,29);5-8,17H,2-4,9-14H2,1H3,(H3,20,21,22,25);1-3H,4-5H2;1H3. The molecule has 6 aliphatic rings. The Morgan fingerprint density at radius 3 is 1.71 bits per heavy atom. The highest BCUT2D eigenvalue weighted by Crippen LogP contribution is 2.37. The molecule has 0 radical (unpaired) electrons. The van der Waals surface area contributed by atoms with Crippen LogP contribution in [0.4, 0.5) is 33.7 Å². The number of thiocarbonyl (C=S) groups is 1. The number of thiazole rings is 1. The van der Waals surface area contributed by atoms with E-state index in [9.17, 15) is 9.59 Å². The van der Waals surface area contributed by atoms with Gasteiger partial charge in [0.1, 0.15) is 10.7 Å². The number of fused-ring (bicyclic) bond motifs is 2. The molecule has 5 aromatic rings. The van der Waals surface area contributed by atoms with E-state index in [1.54, 1.807) is 36.4 Å². The van der Waals surface area contributed by atoms with E-state index in [0.717, 1.165) is 55.4 Å². The van der Waals surface area contributed by atoms with Crippen molar-refractivity contribution in [3.05, 3.63) is 101 Å². The number of aliphatic imine (C=N–C) groups is 1. The molecule has 6 aliphatic heterocycles. The average molecular weight is 1160 g/mol. The lowest BCUT2D eigenvalue weighted by Crippen LogP contribution is -2.43. The Morgan fingerprint density at radius 1 is 0.720 bits per heavy atom. The molecule has 0 saturated carbocycles. The quantitative estimate of drug-likeness (QED) is 0.0231. The van der Waals surface area contributed by atoms with E-state index in [0.29, 0.717) is 59.7 Å². The highest BCUT2D eigenvalue weighted by Gasteiger charge is 2.28. The van der Waals surface area contributed by atoms with Crippen LogP contribution in [-0.4, -0.2) is 126 Å². The molecule has 4 saturated heterocycles. The molecule has 75 heavy (non-hydrogen) atoms. The van der Waals surface area contributed by atoms with E-state index in [4.69, 9.17) is 42.6 Å². The molecule has 11 rings (SSSR count). The van der Waals surface area contributed by atoms with Crippen LogP contribution in [-0.2, 0) is 0 Å². The van der Waals surface area contributed by atoms with Crippen LogP contribution in [0.25, 0.3) is 0 Å². The van der Waals surface area contributed by atoms with Crippen molar-refractivity contribution in [1.82, 2.24) is 14.8 Å². The maximum atomic E-state index is 13.0. The number of ketones is 2. The minimum absolute atomic E-state index is 0. The molecule has 6 N–H and O–H groups in total.